The first-order chi connectivity index (χ1) is 13.8. The number of hydrogen-bond acceptors (Lipinski definition) is 4. The zero-order valence-corrected chi connectivity index (χ0v) is 16.8. The van der Waals surface area contributed by atoms with Gasteiger partial charge in [-0.3, -0.25) is 9.89 Å². The summed E-state index contributed by atoms with van der Waals surface area (Å²) in [6.07, 6.45) is 3.70. The smallest absolute Gasteiger partial charge is 0.191 e. The number of guanidine groups is 1. The van der Waals surface area contributed by atoms with Crippen LogP contribution in [-0.4, -0.2) is 50.2 Å². The largest absolute Gasteiger partial charge is 0.467 e. The van der Waals surface area contributed by atoms with E-state index in [9.17, 15) is 0 Å². The fraction of sp³-hybridized carbons (Fsp3) is 0.500. The van der Waals surface area contributed by atoms with Crippen LogP contribution in [0.2, 0.25) is 0 Å². The number of rotatable bonds is 10. The number of hydrogen-bond donors (Lipinski definition) is 2. The van der Waals surface area contributed by atoms with Gasteiger partial charge in [-0.05, 0) is 43.0 Å². The molecule has 3 rings (SSSR count). The van der Waals surface area contributed by atoms with Gasteiger partial charge in [-0.1, -0.05) is 24.3 Å². The molecular weight excluding hydrogens is 352 g/mol. The third-order valence-electron chi connectivity index (χ3n) is 4.82. The number of furan rings is 1. The molecule has 0 radical (unpaired) electrons. The van der Waals surface area contributed by atoms with Gasteiger partial charge in [0.15, 0.2) is 5.96 Å². The quantitative estimate of drug-likeness (QED) is 0.375. The van der Waals surface area contributed by atoms with E-state index in [1.807, 2.05) is 12.1 Å². The van der Waals surface area contributed by atoms with Crippen molar-refractivity contribution in [2.75, 3.05) is 39.3 Å². The second kappa shape index (κ2) is 11.5. The lowest BCUT2D eigenvalue weighted by Gasteiger charge is -2.28. The second-order valence-electron chi connectivity index (χ2n) is 6.97. The predicted octanol–water partition coefficient (Wildman–Crippen LogP) is 2.80. The summed E-state index contributed by atoms with van der Waals surface area (Å²) in [5.41, 5.74) is 2.96. The Labute approximate surface area is 168 Å². The molecule has 2 aromatic rings. The zero-order valence-electron chi connectivity index (χ0n) is 16.8. The minimum absolute atomic E-state index is 0.522. The highest BCUT2D eigenvalue weighted by Gasteiger charge is 2.14. The first-order valence-electron chi connectivity index (χ1n) is 10.3. The fourth-order valence-corrected chi connectivity index (χ4v) is 3.34. The summed E-state index contributed by atoms with van der Waals surface area (Å²) in [6, 6.07) is 12.6. The van der Waals surface area contributed by atoms with Gasteiger partial charge in [0, 0.05) is 45.9 Å². The molecule has 28 heavy (non-hydrogen) atoms. The predicted molar refractivity (Wildman–Crippen MR) is 112 cm³/mol. The Morgan fingerprint density at radius 2 is 2.07 bits per heavy atom. The maximum Gasteiger partial charge on any atom is 0.191 e. The number of fused-ring (bicyclic) bond motifs is 1. The van der Waals surface area contributed by atoms with E-state index in [0.29, 0.717) is 13.2 Å². The van der Waals surface area contributed by atoms with Crippen LogP contribution in [0.3, 0.4) is 0 Å². The monoisotopic (exact) mass is 384 g/mol. The summed E-state index contributed by atoms with van der Waals surface area (Å²) >= 11 is 0. The minimum Gasteiger partial charge on any atom is -0.467 e. The third kappa shape index (κ3) is 6.69. The van der Waals surface area contributed by atoms with E-state index in [1.165, 1.54) is 11.1 Å². The number of nitrogens with one attached hydrogen (secondary N) is 2. The molecule has 0 atom stereocenters. The van der Waals surface area contributed by atoms with Crippen molar-refractivity contribution in [3.63, 3.8) is 0 Å². The molecule has 0 spiro atoms. The first-order valence-corrected chi connectivity index (χ1v) is 10.3. The van der Waals surface area contributed by atoms with E-state index in [0.717, 1.165) is 63.8 Å². The van der Waals surface area contributed by atoms with Crippen LogP contribution >= 0.6 is 0 Å². The Kier molecular flexibility index (Phi) is 8.40. The topological polar surface area (TPSA) is 62.0 Å². The van der Waals surface area contributed by atoms with Crippen molar-refractivity contribution in [3.05, 3.63) is 59.5 Å². The van der Waals surface area contributed by atoms with Crippen LogP contribution < -0.4 is 10.6 Å². The van der Waals surface area contributed by atoms with Crippen molar-refractivity contribution in [2.45, 2.75) is 32.9 Å². The number of benzene rings is 1. The summed E-state index contributed by atoms with van der Waals surface area (Å²) in [5, 5.41) is 6.76. The van der Waals surface area contributed by atoms with Crippen molar-refractivity contribution in [1.29, 1.82) is 0 Å². The van der Waals surface area contributed by atoms with E-state index in [1.54, 1.807) is 6.26 Å². The molecule has 1 aromatic heterocycles. The molecule has 1 aromatic carbocycles. The van der Waals surface area contributed by atoms with E-state index in [-0.39, 0.29) is 0 Å². The molecule has 2 heterocycles. The van der Waals surface area contributed by atoms with Gasteiger partial charge in [0.25, 0.3) is 0 Å². The highest BCUT2D eigenvalue weighted by molar-refractivity contribution is 5.79. The lowest BCUT2D eigenvalue weighted by atomic mass is 10.00. The highest BCUT2D eigenvalue weighted by atomic mass is 16.5. The van der Waals surface area contributed by atoms with Gasteiger partial charge in [0.2, 0.25) is 0 Å². The van der Waals surface area contributed by atoms with Gasteiger partial charge in [0.05, 0.1) is 6.26 Å². The zero-order chi connectivity index (χ0) is 19.4. The molecule has 2 N–H and O–H groups in total. The van der Waals surface area contributed by atoms with Gasteiger partial charge >= 0.3 is 0 Å². The summed E-state index contributed by atoms with van der Waals surface area (Å²) in [5.74, 6) is 1.74. The fourth-order valence-electron chi connectivity index (χ4n) is 3.34. The second-order valence-corrected chi connectivity index (χ2v) is 6.97. The summed E-state index contributed by atoms with van der Waals surface area (Å²) in [6.45, 7) is 8.96. The Bertz CT molecular complexity index is 715. The Morgan fingerprint density at radius 3 is 2.89 bits per heavy atom. The van der Waals surface area contributed by atoms with Crippen molar-refractivity contribution in [2.24, 2.45) is 4.99 Å². The normalized spacial score (nSPS) is 14.7. The molecule has 0 amide bonds. The van der Waals surface area contributed by atoms with Crippen molar-refractivity contribution in [1.82, 2.24) is 15.5 Å². The standard InChI is InChI=1S/C22H32N4O2/c1-2-23-22(24-11-6-15-27-18-21-9-5-16-28-21)25-12-14-26-13-10-19-7-3-4-8-20(19)17-26/h3-5,7-9,16H,2,6,10-15,17-18H2,1H3,(H2,23,24,25). The van der Waals surface area contributed by atoms with E-state index < -0.39 is 0 Å². The average molecular weight is 385 g/mol. The molecule has 1 aliphatic rings. The molecule has 0 saturated heterocycles. The number of aliphatic imine (C=N–C) groups is 1. The van der Waals surface area contributed by atoms with Crippen molar-refractivity contribution < 1.29 is 9.15 Å². The van der Waals surface area contributed by atoms with Crippen LogP contribution in [0.15, 0.2) is 52.1 Å². The highest BCUT2D eigenvalue weighted by Crippen LogP contribution is 2.17. The van der Waals surface area contributed by atoms with Crippen LogP contribution in [0.5, 0.6) is 0 Å². The van der Waals surface area contributed by atoms with Crippen LogP contribution in [0.4, 0.5) is 0 Å². The summed E-state index contributed by atoms with van der Waals surface area (Å²) < 4.78 is 10.8. The molecule has 152 valence electrons. The van der Waals surface area contributed by atoms with Crippen LogP contribution in [0, 0.1) is 0 Å². The van der Waals surface area contributed by atoms with Gasteiger partial charge in [0.1, 0.15) is 12.4 Å². The molecule has 0 saturated carbocycles. The molecule has 0 aliphatic carbocycles. The Balaban J connectivity index is 1.32. The van der Waals surface area contributed by atoms with Crippen LogP contribution in [-0.2, 0) is 24.3 Å². The van der Waals surface area contributed by atoms with E-state index in [4.69, 9.17) is 9.15 Å². The molecule has 6 nitrogen and oxygen atoms in total. The first kappa shape index (κ1) is 20.4. The van der Waals surface area contributed by atoms with Crippen LogP contribution in [0.1, 0.15) is 30.2 Å². The maximum absolute atomic E-state index is 5.60. The minimum atomic E-state index is 0.522. The molecule has 6 heteroatoms. The maximum atomic E-state index is 5.60. The lowest BCUT2D eigenvalue weighted by molar-refractivity contribution is 0.105. The van der Waals surface area contributed by atoms with Crippen molar-refractivity contribution >= 4 is 5.96 Å². The van der Waals surface area contributed by atoms with Crippen molar-refractivity contribution in [3.8, 4) is 0 Å². The summed E-state index contributed by atoms with van der Waals surface area (Å²) in [4.78, 5) is 7.14. The lowest BCUT2D eigenvalue weighted by Crippen LogP contribution is -2.42. The molecular formula is C22H32N4O2. The van der Waals surface area contributed by atoms with Gasteiger partial charge in [-0.15, -0.1) is 0 Å². The SMILES string of the molecule is CCNC(=NCCCOCc1ccco1)NCCN1CCc2ccccc2C1. The third-order valence-corrected chi connectivity index (χ3v) is 4.82. The Morgan fingerprint density at radius 1 is 1.18 bits per heavy atom. The molecule has 1 aliphatic heterocycles. The van der Waals surface area contributed by atoms with Crippen LogP contribution in [0.25, 0.3) is 0 Å². The summed E-state index contributed by atoms with van der Waals surface area (Å²) in [7, 11) is 0. The molecule has 0 unspecified atom stereocenters. The average Bonchev–Trinajstić information content (AvgIpc) is 3.24. The van der Waals surface area contributed by atoms with Gasteiger partial charge in [-0.2, -0.15) is 0 Å². The van der Waals surface area contributed by atoms with Gasteiger partial charge < -0.3 is 19.8 Å². The molecule has 0 bridgehead atoms. The van der Waals surface area contributed by atoms with E-state index >= 15 is 0 Å². The molecule has 0 fully saturated rings. The Hall–Kier alpha value is -2.31. The number of nitrogens with zero attached hydrogens (tertiary/aromatic N) is 2. The van der Waals surface area contributed by atoms with Gasteiger partial charge in [-0.25, -0.2) is 0 Å². The number of ether oxygens (including phenoxy) is 1. The van der Waals surface area contributed by atoms with E-state index in [2.05, 4.69) is 51.7 Å².